The van der Waals surface area contributed by atoms with Gasteiger partial charge in [0.2, 0.25) is 0 Å². The highest BCUT2D eigenvalue weighted by atomic mass is 16.1. The average Bonchev–Trinajstić information content (AvgIpc) is 2.59. The fraction of sp³-hybridized carbons (Fsp3) is 0.222. The molecule has 5 nitrogen and oxygen atoms in total. The van der Waals surface area contributed by atoms with E-state index in [1.165, 1.54) is 12.3 Å². The number of H-pyrrole nitrogens is 1. The van der Waals surface area contributed by atoms with Gasteiger partial charge >= 0.3 is 0 Å². The fourth-order valence-corrected chi connectivity index (χ4v) is 1.39. The predicted molar refractivity (Wildman–Crippen MR) is 49.9 cm³/mol. The van der Waals surface area contributed by atoms with E-state index in [-0.39, 0.29) is 5.56 Å². The van der Waals surface area contributed by atoms with Gasteiger partial charge in [-0.2, -0.15) is 10.4 Å². The largest absolute Gasteiger partial charge is 0.306 e. The van der Waals surface area contributed by atoms with Gasteiger partial charge in [0, 0.05) is 11.8 Å². The Morgan fingerprint density at radius 3 is 3.14 bits per heavy atom. The minimum absolute atomic E-state index is 0.202. The number of aryl methyl sites for hydroxylation is 1. The third-order valence-electron chi connectivity index (χ3n) is 2.06. The van der Waals surface area contributed by atoms with Gasteiger partial charge in [-0.3, -0.25) is 4.79 Å². The zero-order valence-electron chi connectivity index (χ0n) is 7.61. The smallest absolute Gasteiger partial charge is 0.251 e. The molecule has 0 spiro atoms. The highest BCUT2D eigenvalue weighted by Gasteiger charge is 2.07. The van der Waals surface area contributed by atoms with Crippen LogP contribution in [0.2, 0.25) is 0 Å². The highest BCUT2D eigenvalue weighted by molar-refractivity contribution is 5.53. The minimum Gasteiger partial charge on any atom is -0.306 e. The van der Waals surface area contributed by atoms with Crippen molar-refractivity contribution in [2.75, 3.05) is 0 Å². The Kier molecular flexibility index (Phi) is 1.82. The standard InChI is InChI=1S/C9H8N4O/c1-2-7-3-8(14)12-9-6(4-10)5-11-13(7)9/h3,5H,2H2,1H3,(H,12,14). The first-order valence-corrected chi connectivity index (χ1v) is 4.26. The van der Waals surface area contributed by atoms with Gasteiger partial charge in [0.05, 0.1) is 6.20 Å². The van der Waals surface area contributed by atoms with Crippen LogP contribution in [0.1, 0.15) is 18.2 Å². The highest BCUT2D eigenvalue weighted by Crippen LogP contribution is 2.06. The van der Waals surface area contributed by atoms with Crippen LogP contribution in [0.3, 0.4) is 0 Å². The molecule has 0 aliphatic heterocycles. The number of hydrogen-bond donors (Lipinski definition) is 1. The maximum Gasteiger partial charge on any atom is 0.251 e. The van der Waals surface area contributed by atoms with Gasteiger partial charge in [0.15, 0.2) is 5.65 Å². The van der Waals surface area contributed by atoms with Crippen molar-refractivity contribution in [1.82, 2.24) is 14.6 Å². The molecule has 1 N–H and O–H groups in total. The number of hydrogen-bond acceptors (Lipinski definition) is 3. The first-order chi connectivity index (χ1) is 6.76. The minimum atomic E-state index is -0.202. The molecule has 2 rings (SSSR count). The second kappa shape index (κ2) is 3.00. The summed E-state index contributed by atoms with van der Waals surface area (Å²) in [7, 11) is 0. The Hall–Kier alpha value is -2.09. The van der Waals surface area contributed by atoms with Crippen molar-refractivity contribution in [3.63, 3.8) is 0 Å². The van der Waals surface area contributed by atoms with Crippen LogP contribution in [0.25, 0.3) is 5.65 Å². The Balaban J connectivity index is 2.92. The Labute approximate surface area is 79.6 Å². The van der Waals surface area contributed by atoms with Crippen molar-refractivity contribution in [3.8, 4) is 6.07 Å². The van der Waals surface area contributed by atoms with Gasteiger partial charge in [0.25, 0.3) is 5.56 Å². The van der Waals surface area contributed by atoms with Crippen molar-refractivity contribution >= 4 is 5.65 Å². The molecule has 0 aliphatic rings. The molecular formula is C9H8N4O. The van der Waals surface area contributed by atoms with E-state index in [2.05, 4.69) is 10.1 Å². The zero-order valence-corrected chi connectivity index (χ0v) is 7.61. The number of aromatic nitrogens is 3. The molecule has 0 bridgehead atoms. The number of nitrogens with zero attached hydrogens (tertiary/aromatic N) is 3. The van der Waals surface area contributed by atoms with E-state index in [1.54, 1.807) is 4.52 Å². The molecule has 0 saturated heterocycles. The lowest BCUT2D eigenvalue weighted by molar-refractivity contribution is 0.843. The molecule has 70 valence electrons. The third-order valence-corrected chi connectivity index (χ3v) is 2.06. The van der Waals surface area contributed by atoms with Crippen LogP contribution in [0.15, 0.2) is 17.1 Å². The second-order valence-electron chi connectivity index (χ2n) is 2.91. The lowest BCUT2D eigenvalue weighted by Crippen LogP contribution is -2.11. The van der Waals surface area contributed by atoms with Gasteiger partial charge in [-0.15, -0.1) is 0 Å². The van der Waals surface area contributed by atoms with Crippen molar-refractivity contribution in [3.05, 3.63) is 33.9 Å². The van der Waals surface area contributed by atoms with Crippen LogP contribution >= 0.6 is 0 Å². The summed E-state index contributed by atoms with van der Waals surface area (Å²) in [4.78, 5) is 13.8. The summed E-state index contributed by atoms with van der Waals surface area (Å²) in [5.74, 6) is 0. The summed E-state index contributed by atoms with van der Waals surface area (Å²) in [6.07, 6.45) is 2.15. The van der Waals surface area contributed by atoms with Crippen LogP contribution in [0.5, 0.6) is 0 Å². The monoisotopic (exact) mass is 188 g/mol. The quantitative estimate of drug-likeness (QED) is 0.706. The summed E-state index contributed by atoms with van der Waals surface area (Å²) >= 11 is 0. The van der Waals surface area contributed by atoms with Crippen LogP contribution < -0.4 is 5.56 Å². The molecule has 0 aromatic carbocycles. The summed E-state index contributed by atoms with van der Waals surface area (Å²) in [5, 5.41) is 12.8. The van der Waals surface area contributed by atoms with Gasteiger partial charge in [-0.25, -0.2) is 4.52 Å². The van der Waals surface area contributed by atoms with E-state index in [9.17, 15) is 4.79 Å². The molecule has 2 aromatic heterocycles. The lowest BCUT2D eigenvalue weighted by atomic mass is 10.3. The number of nitriles is 1. The molecule has 0 unspecified atom stereocenters. The van der Waals surface area contributed by atoms with Crippen molar-refractivity contribution in [2.24, 2.45) is 0 Å². The molecular weight excluding hydrogens is 180 g/mol. The van der Waals surface area contributed by atoms with Crippen LogP contribution in [-0.2, 0) is 6.42 Å². The molecule has 0 fully saturated rings. The first-order valence-electron chi connectivity index (χ1n) is 4.26. The van der Waals surface area contributed by atoms with E-state index < -0.39 is 0 Å². The van der Waals surface area contributed by atoms with E-state index in [0.29, 0.717) is 17.6 Å². The Morgan fingerprint density at radius 2 is 2.50 bits per heavy atom. The molecule has 5 heteroatoms. The van der Waals surface area contributed by atoms with Crippen molar-refractivity contribution in [1.29, 1.82) is 5.26 Å². The van der Waals surface area contributed by atoms with Crippen molar-refractivity contribution in [2.45, 2.75) is 13.3 Å². The van der Waals surface area contributed by atoms with Gasteiger partial charge in [-0.1, -0.05) is 6.92 Å². The zero-order chi connectivity index (χ0) is 10.1. The normalized spacial score (nSPS) is 10.3. The maximum atomic E-state index is 11.2. The fourth-order valence-electron chi connectivity index (χ4n) is 1.39. The number of fused-ring (bicyclic) bond motifs is 1. The molecule has 2 heterocycles. The average molecular weight is 188 g/mol. The summed E-state index contributed by atoms with van der Waals surface area (Å²) < 4.78 is 1.58. The van der Waals surface area contributed by atoms with Gasteiger partial charge in [0.1, 0.15) is 11.6 Å². The van der Waals surface area contributed by atoms with Crippen LogP contribution in [0.4, 0.5) is 0 Å². The number of nitrogens with one attached hydrogen (secondary N) is 1. The van der Waals surface area contributed by atoms with E-state index in [0.717, 1.165) is 5.69 Å². The predicted octanol–water partition coefficient (Wildman–Crippen LogP) is 0.457. The summed E-state index contributed by atoms with van der Waals surface area (Å²) in [5.41, 5.74) is 1.45. The second-order valence-corrected chi connectivity index (χ2v) is 2.91. The first kappa shape index (κ1) is 8.51. The molecule has 0 radical (unpaired) electrons. The Bertz CT molecular complexity index is 572. The van der Waals surface area contributed by atoms with Gasteiger partial charge in [-0.05, 0) is 6.42 Å². The van der Waals surface area contributed by atoms with E-state index in [4.69, 9.17) is 5.26 Å². The molecule has 0 amide bonds. The van der Waals surface area contributed by atoms with Gasteiger partial charge < -0.3 is 4.98 Å². The number of aromatic amines is 1. The molecule has 14 heavy (non-hydrogen) atoms. The summed E-state index contributed by atoms with van der Waals surface area (Å²) in [6.45, 7) is 1.93. The third kappa shape index (κ3) is 1.09. The SMILES string of the molecule is CCc1cc(=O)[nH]c2c(C#N)cnn12. The van der Waals surface area contributed by atoms with Crippen LogP contribution in [-0.4, -0.2) is 14.6 Å². The van der Waals surface area contributed by atoms with Crippen LogP contribution in [0, 0.1) is 11.3 Å². The molecule has 2 aromatic rings. The van der Waals surface area contributed by atoms with E-state index in [1.807, 2.05) is 13.0 Å². The number of rotatable bonds is 1. The molecule has 0 saturated carbocycles. The molecule has 0 atom stereocenters. The molecule has 0 aliphatic carbocycles. The lowest BCUT2D eigenvalue weighted by Gasteiger charge is -1.99. The topological polar surface area (TPSA) is 73.9 Å². The van der Waals surface area contributed by atoms with E-state index >= 15 is 0 Å². The maximum absolute atomic E-state index is 11.2. The van der Waals surface area contributed by atoms with Crippen molar-refractivity contribution < 1.29 is 0 Å². The summed E-state index contributed by atoms with van der Waals surface area (Å²) in [6, 6.07) is 3.46. The Morgan fingerprint density at radius 1 is 1.71 bits per heavy atom.